The van der Waals surface area contributed by atoms with Crippen molar-refractivity contribution in [2.24, 2.45) is 0 Å². The third-order valence-electron chi connectivity index (χ3n) is 3.22. The number of halogens is 1. The lowest BCUT2D eigenvalue weighted by molar-refractivity contribution is -0.137. The van der Waals surface area contributed by atoms with Crippen LogP contribution in [0.4, 0.5) is 0 Å². The zero-order chi connectivity index (χ0) is 14.8. The smallest absolute Gasteiger partial charge is 0.269 e. The Kier molecular flexibility index (Phi) is 3.54. The van der Waals surface area contributed by atoms with Gasteiger partial charge in [0.15, 0.2) is 0 Å². The summed E-state index contributed by atoms with van der Waals surface area (Å²) < 4.78 is 0. The number of carbonyl (C=O) groups is 2. The quantitative estimate of drug-likeness (QED) is 0.819. The van der Waals surface area contributed by atoms with E-state index < -0.39 is 11.8 Å². The molecule has 0 N–H and O–H groups in total. The highest BCUT2D eigenvalue weighted by molar-refractivity contribution is 6.54. The molecule has 2 aromatic rings. The molecule has 3 rings (SSSR count). The maximum Gasteiger partial charge on any atom is 0.273 e. The highest BCUT2D eigenvalue weighted by Gasteiger charge is 2.38. The van der Waals surface area contributed by atoms with Gasteiger partial charge in [-0.25, -0.2) is 0 Å². The van der Waals surface area contributed by atoms with Crippen molar-refractivity contribution in [2.75, 3.05) is 0 Å². The Bertz CT molecular complexity index is 726. The van der Waals surface area contributed by atoms with Crippen LogP contribution in [0, 0.1) is 0 Å². The fourth-order valence-corrected chi connectivity index (χ4v) is 2.47. The van der Waals surface area contributed by atoms with Gasteiger partial charge in [-0.15, -0.1) is 0 Å². The monoisotopic (exact) mass is 298 g/mol. The van der Waals surface area contributed by atoms with Gasteiger partial charge < -0.3 is 0 Å². The summed E-state index contributed by atoms with van der Waals surface area (Å²) in [6.45, 7) is 0.199. The largest absolute Gasteiger partial charge is 0.273 e. The van der Waals surface area contributed by atoms with Crippen LogP contribution in [-0.2, 0) is 16.1 Å². The van der Waals surface area contributed by atoms with Crippen molar-refractivity contribution in [3.05, 3.63) is 71.0 Å². The molecule has 1 aliphatic rings. The van der Waals surface area contributed by atoms with Crippen molar-refractivity contribution in [1.82, 2.24) is 9.88 Å². The molecule has 1 aromatic carbocycles. The van der Waals surface area contributed by atoms with Crippen LogP contribution in [0.2, 0.25) is 0 Å². The van der Waals surface area contributed by atoms with Crippen molar-refractivity contribution in [3.8, 4) is 0 Å². The fraction of sp³-hybridized carbons (Fsp3) is 0.0625. The number of carbonyl (C=O) groups excluding carboxylic acids is 2. The Morgan fingerprint density at radius 3 is 2.33 bits per heavy atom. The van der Waals surface area contributed by atoms with E-state index in [9.17, 15) is 9.59 Å². The molecule has 0 spiro atoms. The Hall–Kier alpha value is -2.46. The number of hydrogen-bond acceptors (Lipinski definition) is 3. The number of rotatable bonds is 3. The average molecular weight is 299 g/mol. The predicted octanol–water partition coefficient (Wildman–Crippen LogP) is 2.60. The zero-order valence-electron chi connectivity index (χ0n) is 11.0. The molecule has 4 nitrogen and oxygen atoms in total. The molecule has 21 heavy (non-hydrogen) atoms. The minimum atomic E-state index is -0.480. The van der Waals surface area contributed by atoms with Crippen LogP contribution in [0.1, 0.15) is 11.3 Å². The third-order valence-corrected chi connectivity index (χ3v) is 3.57. The summed E-state index contributed by atoms with van der Waals surface area (Å²) in [5.41, 5.74) is 1.44. The highest BCUT2D eigenvalue weighted by Crippen LogP contribution is 2.31. The molecule has 0 atom stereocenters. The third kappa shape index (κ3) is 2.45. The SMILES string of the molecule is O=C1C(Cl)=C(c2ccccn2)C(=O)N1Cc1ccccc1. The molecule has 2 amide bonds. The lowest BCUT2D eigenvalue weighted by atomic mass is 10.1. The second-order valence-corrected chi connectivity index (χ2v) is 4.96. The summed E-state index contributed by atoms with van der Waals surface area (Å²) in [5.74, 6) is -0.890. The first-order valence-corrected chi connectivity index (χ1v) is 6.77. The number of benzene rings is 1. The summed E-state index contributed by atoms with van der Waals surface area (Å²) in [7, 11) is 0. The summed E-state index contributed by atoms with van der Waals surface area (Å²) in [4.78, 5) is 29.9. The van der Waals surface area contributed by atoms with Crippen LogP contribution in [0.15, 0.2) is 59.8 Å². The summed E-state index contributed by atoms with van der Waals surface area (Å²) in [5, 5.41) is -0.0744. The van der Waals surface area contributed by atoms with Gasteiger partial charge in [0.2, 0.25) is 0 Å². The summed E-state index contributed by atoms with van der Waals surface area (Å²) in [6, 6.07) is 14.4. The van der Waals surface area contributed by atoms with Crippen molar-refractivity contribution in [1.29, 1.82) is 0 Å². The standard InChI is InChI=1S/C16H11ClN2O2/c17-14-13(12-8-4-5-9-18-12)15(20)19(16(14)21)10-11-6-2-1-3-7-11/h1-9H,10H2. The van der Waals surface area contributed by atoms with Crippen LogP contribution in [0.3, 0.4) is 0 Å². The van der Waals surface area contributed by atoms with E-state index in [1.54, 1.807) is 24.4 Å². The van der Waals surface area contributed by atoms with Crippen LogP contribution >= 0.6 is 11.6 Å². The fourth-order valence-electron chi connectivity index (χ4n) is 2.19. The number of imide groups is 1. The van der Waals surface area contributed by atoms with E-state index in [0.29, 0.717) is 5.69 Å². The molecule has 0 radical (unpaired) electrons. The summed E-state index contributed by atoms with van der Waals surface area (Å²) >= 11 is 6.05. The molecule has 0 saturated heterocycles. The molecule has 1 aromatic heterocycles. The second-order valence-electron chi connectivity index (χ2n) is 4.59. The molecule has 104 valence electrons. The molecule has 0 aliphatic carbocycles. The number of aromatic nitrogens is 1. The highest BCUT2D eigenvalue weighted by atomic mass is 35.5. The number of nitrogens with zero attached hydrogens (tertiary/aromatic N) is 2. The van der Waals surface area contributed by atoms with Gasteiger partial charge in [0.25, 0.3) is 11.8 Å². The van der Waals surface area contributed by atoms with E-state index >= 15 is 0 Å². The van der Waals surface area contributed by atoms with Gasteiger partial charge in [0.1, 0.15) is 5.03 Å². The average Bonchev–Trinajstić information content (AvgIpc) is 2.73. The minimum Gasteiger partial charge on any atom is -0.269 e. The van der Waals surface area contributed by atoms with E-state index in [-0.39, 0.29) is 17.2 Å². The van der Waals surface area contributed by atoms with Crippen LogP contribution in [0.5, 0.6) is 0 Å². The van der Waals surface area contributed by atoms with Gasteiger partial charge in [0, 0.05) is 6.20 Å². The van der Waals surface area contributed by atoms with E-state index in [0.717, 1.165) is 10.5 Å². The van der Waals surface area contributed by atoms with Gasteiger partial charge in [-0.2, -0.15) is 0 Å². The van der Waals surface area contributed by atoms with Crippen LogP contribution in [-0.4, -0.2) is 21.7 Å². The topological polar surface area (TPSA) is 50.3 Å². The Morgan fingerprint density at radius 1 is 0.952 bits per heavy atom. The molecule has 0 unspecified atom stereocenters. The van der Waals surface area contributed by atoms with E-state index in [1.165, 1.54) is 0 Å². The Balaban J connectivity index is 1.92. The number of hydrogen-bond donors (Lipinski definition) is 0. The second kappa shape index (κ2) is 5.50. The minimum absolute atomic E-state index is 0.0744. The lowest BCUT2D eigenvalue weighted by Crippen LogP contribution is -2.30. The summed E-state index contributed by atoms with van der Waals surface area (Å²) in [6.07, 6.45) is 1.56. The van der Waals surface area contributed by atoms with Gasteiger partial charge in [0.05, 0.1) is 17.8 Å². The Morgan fingerprint density at radius 2 is 1.67 bits per heavy atom. The first kappa shape index (κ1) is 13.5. The molecule has 5 heteroatoms. The van der Waals surface area contributed by atoms with Crippen molar-refractivity contribution >= 4 is 29.0 Å². The molecular formula is C16H11ClN2O2. The predicted molar refractivity (Wildman–Crippen MR) is 79.0 cm³/mol. The maximum absolute atomic E-state index is 12.5. The van der Waals surface area contributed by atoms with Gasteiger partial charge in [-0.05, 0) is 17.7 Å². The maximum atomic E-state index is 12.5. The number of pyridine rings is 1. The van der Waals surface area contributed by atoms with E-state index in [2.05, 4.69) is 4.98 Å². The zero-order valence-corrected chi connectivity index (χ0v) is 11.7. The van der Waals surface area contributed by atoms with E-state index in [1.807, 2.05) is 30.3 Å². The molecule has 2 heterocycles. The molecule has 0 fully saturated rings. The first-order valence-electron chi connectivity index (χ1n) is 6.40. The van der Waals surface area contributed by atoms with Crippen molar-refractivity contribution < 1.29 is 9.59 Å². The molecule has 0 saturated carbocycles. The van der Waals surface area contributed by atoms with Gasteiger partial charge >= 0.3 is 0 Å². The van der Waals surface area contributed by atoms with Gasteiger partial charge in [-0.1, -0.05) is 48.0 Å². The van der Waals surface area contributed by atoms with Crippen molar-refractivity contribution in [2.45, 2.75) is 6.54 Å². The number of amides is 2. The first-order chi connectivity index (χ1) is 10.2. The van der Waals surface area contributed by atoms with Gasteiger partial charge in [-0.3, -0.25) is 19.5 Å². The molecule has 1 aliphatic heterocycles. The molecule has 0 bridgehead atoms. The molecular weight excluding hydrogens is 288 g/mol. The van der Waals surface area contributed by atoms with Crippen LogP contribution in [0.25, 0.3) is 5.57 Å². The van der Waals surface area contributed by atoms with Crippen molar-refractivity contribution in [3.63, 3.8) is 0 Å². The lowest BCUT2D eigenvalue weighted by Gasteiger charge is -2.14. The van der Waals surface area contributed by atoms with E-state index in [4.69, 9.17) is 11.6 Å². The van der Waals surface area contributed by atoms with Crippen LogP contribution < -0.4 is 0 Å². The normalized spacial score (nSPS) is 15.0. The Labute approximate surface area is 126 Å².